The van der Waals surface area contributed by atoms with Gasteiger partial charge in [0.25, 0.3) is 0 Å². The molecule has 0 unspecified atom stereocenters. The number of allylic oxidation sites excluding steroid dienone is 5. The van der Waals surface area contributed by atoms with Gasteiger partial charge in [-0.25, -0.2) is 0 Å². The van der Waals surface area contributed by atoms with Crippen molar-refractivity contribution < 1.29 is 35.8 Å². The van der Waals surface area contributed by atoms with Gasteiger partial charge in [0.05, 0.1) is 0 Å². The fraction of sp³-hybridized carbons (Fsp3) is 0.600. The number of hydrogen-bond donors (Lipinski definition) is 0. The lowest BCUT2D eigenvalue weighted by Crippen LogP contribution is -2.28. The maximum absolute atomic E-state index is 12.0. The monoisotopic (exact) mass is 346 g/mol. The Kier molecular flexibility index (Phi) is 10.7. The average Bonchev–Trinajstić information content (AvgIpc) is 2.41. The van der Waals surface area contributed by atoms with Crippen LogP contribution in [0.2, 0.25) is 0 Å². The van der Waals surface area contributed by atoms with Crippen molar-refractivity contribution >= 4 is 0 Å². The number of halogens is 6. The molecule has 0 N–H and O–H groups in total. The molecule has 0 spiro atoms. The summed E-state index contributed by atoms with van der Waals surface area (Å²) in [5.41, 5.74) is 0. The van der Waals surface area contributed by atoms with Gasteiger partial charge in [0, 0.05) is 0 Å². The SMILES string of the molecule is CCC=CC=CCCC=CC(OCC(F)(F)F)OCC(F)(F)F. The number of ether oxygens (including phenoxy) is 2. The Labute approximate surface area is 131 Å². The van der Waals surface area contributed by atoms with Gasteiger partial charge in [-0.15, -0.1) is 0 Å². The van der Waals surface area contributed by atoms with Crippen LogP contribution in [0.15, 0.2) is 36.5 Å². The third-order valence-electron chi connectivity index (χ3n) is 2.23. The molecular weight excluding hydrogens is 326 g/mol. The summed E-state index contributed by atoms with van der Waals surface area (Å²) in [6.45, 7) is -1.38. The molecule has 0 aromatic rings. The van der Waals surface area contributed by atoms with Crippen LogP contribution in [0.5, 0.6) is 0 Å². The average molecular weight is 346 g/mol. The van der Waals surface area contributed by atoms with E-state index in [0.29, 0.717) is 12.8 Å². The highest BCUT2D eigenvalue weighted by Crippen LogP contribution is 2.19. The summed E-state index contributed by atoms with van der Waals surface area (Å²) in [6, 6.07) is 0. The summed E-state index contributed by atoms with van der Waals surface area (Å²) in [7, 11) is 0. The third-order valence-corrected chi connectivity index (χ3v) is 2.23. The van der Waals surface area contributed by atoms with Crippen molar-refractivity contribution in [2.24, 2.45) is 0 Å². The van der Waals surface area contributed by atoms with Crippen molar-refractivity contribution in [2.75, 3.05) is 13.2 Å². The second-order valence-corrected chi connectivity index (χ2v) is 4.49. The lowest BCUT2D eigenvalue weighted by atomic mass is 10.2. The highest BCUT2D eigenvalue weighted by Gasteiger charge is 2.32. The van der Waals surface area contributed by atoms with E-state index in [2.05, 4.69) is 9.47 Å². The van der Waals surface area contributed by atoms with Crippen LogP contribution in [-0.2, 0) is 9.47 Å². The van der Waals surface area contributed by atoms with Crippen molar-refractivity contribution in [3.8, 4) is 0 Å². The maximum atomic E-state index is 12.0. The normalized spacial score (nSPS) is 14.1. The van der Waals surface area contributed by atoms with Crippen molar-refractivity contribution in [2.45, 2.75) is 44.8 Å². The van der Waals surface area contributed by atoms with Crippen LogP contribution < -0.4 is 0 Å². The minimum absolute atomic E-state index is 0.442. The Morgan fingerprint density at radius 3 is 1.74 bits per heavy atom. The van der Waals surface area contributed by atoms with Crippen LogP contribution in [0.1, 0.15) is 26.2 Å². The van der Waals surface area contributed by atoms with E-state index in [1.165, 1.54) is 6.08 Å². The van der Waals surface area contributed by atoms with Crippen LogP contribution in [0, 0.1) is 0 Å². The Hall–Kier alpha value is -1.28. The summed E-state index contributed by atoms with van der Waals surface area (Å²) in [4.78, 5) is 0. The van der Waals surface area contributed by atoms with Crippen LogP contribution in [0.25, 0.3) is 0 Å². The minimum atomic E-state index is -4.64. The number of alkyl halides is 6. The molecular formula is C15H20F6O2. The van der Waals surface area contributed by atoms with Gasteiger partial charge >= 0.3 is 12.4 Å². The first-order valence-corrected chi connectivity index (χ1v) is 6.99. The number of unbranched alkanes of at least 4 members (excludes halogenated alkanes) is 1. The van der Waals surface area contributed by atoms with Crippen molar-refractivity contribution in [1.29, 1.82) is 0 Å². The highest BCUT2D eigenvalue weighted by atomic mass is 19.4. The lowest BCUT2D eigenvalue weighted by molar-refractivity contribution is -0.246. The molecule has 0 saturated heterocycles. The van der Waals surface area contributed by atoms with E-state index in [1.807, 2.05) is 31.2 Å². The van der Waals surface area contributed by atoms with E-state index < -0.39 is 31.9 Å². The second-order valence-electron chi connectivity index (χ2n) is 4.49. The minimum Gasteiger partial charge on any atom is -0.340 e. The van der Waals surface area contributed by atoms with Crippen molar-refractivity contribution in [3.63, 3.8) is 0 Å². The van der Waals surface area contributed by atoms with Gasteiger partial charge in [-0.3, -0.25) is 0 Å². The van der Waals surface area contributed by atoms with Gasteiger partial charge in [-0.05, 0) is 25.3 Å². The molecule has 0 rings (SSSR count). The fourth-order valence-electron chi connectivity index (χ4n) is 1.30. The summed E-state index contributed by atoms with van der Waals surface area (Å²) in [6.07, 6.45) is 0.884. The molecule has 8 heteroatoms. The fourth-order valence-corrected chi connectivity index (χ4v) is 1.30. The number of hydrogen-bond acceptors (Lipinski definition) is 2. The smallest absolute Gasteiger partial charge is 0.340 e. The first-order chi connectivity index (χ1) is 10.6. The van der Waals surface area contributed by atoms with Gasteiger partial charge < -0.3 is 9.47 Å². The molecule has 2 nitrogen and oxygen atoms in total. The molecule has 0 radical (unpaired) electrons. The summed E-state index contributed by atoms with van der Waals surface area (Å²) < 4.78 is 80.8. The predicted octanol–water partition coefficient (Wildman–Crippen LogP) is 5.33. The quantitative estimate of drug-likeness (QED) is 0.175. The Balaban J connectivity index is 4.29. The molecule has 134 valence electrons. The zero-order chi connectivity index (χ0) is 17.8. The van der Waals surface area contributed by atoms with Gasteiger partial charge in [-0.1, -0.05) is 37.3 Å². The first-order valence-electron chi connectivity index (χ1n) is 6.99. The molecule has 0 amide bonds. The molecule has 0 heterocycles. The van der Waals surface area contributed by atoms with E-state index >= 15 is 0 Å². The molecule has 0 aliphatic carbocycles. The Morgan fingerprint density at radius 2 is 1.26 bits per heavy atom. The van der Waals surface area contributed by atoms with Crippen molar-refractivity contribution in [3.05, 3.63) is 36.5 Å². The third kappa shape index (κ3) is 16.9. The molecule has 0 atom stereocenters. The van der Waals surface area contributed by atoms with Crippen LogP contribution in [0.4, 0.5) is 26.3 Å². The van der Waals surface area contributed by atoms with Gasteiger partial charge in [0.2, 0.25) is 0 Å². The molecule has 0 aromatic heterocycles. The summed E-state index contributed by atoms with van der Waals surface area (Å²) in [5, 5.41) is 0. The van der Waals surface area contributed by atoms with Crippen LogP contribution in [-0.4, -0.2) is 31.9 Å². The number of rotatable bonds is 10. The largest absolute Gasteiger partial charge is 0.411 e. The topological polar surface area (TPSA) is 18.5 Å². The van der Waals surface area contributed by atoms with Gasteiger partial charge in [-0.2, -0.15) is 26.3 Å². The van der Waals surface area contributed by atoms with E-state index in [9.17, 15) is 26.3 Å². The first kappa shape index (κ1) is 21.7. The zero-order valence-electron chi connectivity index (χ0n) is 12.7. The van der Waals surface area contributed by atoms with E-state index in [-0.39, 0.29) is 0 Å². The molecule has 0 aliphatic rings. The van der Waals surface area contributed by atoms with Crippen molar-refractivity contribution in [1.82, 2.24) is 0 Å². The second kappa shape index (κ2) is 11.3. The Bertz CT molecular complexity index is 364. The van der Waals surface area contributed by atoms with Gasteiger partial charge in [0.15, 0.2) is 6.29 Å². The Morgan fingerprint density at radius 1 is 0.783 bits per heavy atom. The molecule has 0 aliphatic heterocycles. The van der Waals surface area contributed by atoms with Crippen LogP contribution >= 0.6 is 0 Å². The molecule has 23 heavy (non-hydrogen) atoms. The summed E-state index contributed by atoms with van der Waals surface area (Å²) in [5.74, 6) is 0. The molecule has 0 aromatic carbocycles. The predicted molar refractivity (Wildman–Crippen MR) is 74.7 cm³/mol. The molecule has 0 saturated carbocycles. The van der Waals surface area contributed by atoms with E-state index in [1.54, 1.807) is 0 Å². The highest BCUT2D eigenvalue weighted by molar-refractivity contribution is 5.02. The van der Waals surface area contributed by atoms with E-state index in [4.69, 9.17) is 0 Å². The summed E-state index contributed by atoms with van der Waals surface area (Å²) >= 11 is 0. The van der Waals surface area contributed by atoms with Gasteiger partial charge in [0.1, 0.15) is 13.2 Å². The molecule has 0 fully saturated rings. The lowest BCUT2D eigenvalue weighted by Gasteiger charge is -2.17. The van der Waals surface area contributed by atoms with E-state index in [0.717, 1.165) is 12.5 Å². The maximum Gasteiger partial charge on any atom is 0.411 e. The molecule has 0 bridgehead atoms. The standard InChI is InChI=1S/C15H20F6O2/c1-2-3-4-5-6-7-8-9-10-13(22-11-14(16,17)18)23-12-15(19,20)21/h3-6,9-10,13H,2,7-8,11-12H2,1H3. The zero-order valence-corrected chi connectivity index (χ0v) is 12.7. The van der Waals surface area contributed by atoms with Crippen LogP contribution in [0.3, 0.4) is 0 Å².